The minimum absolute atomic E-state index is 0.0599. The molecule has 3 rings (SSSR count). The topological polar surface area (TPSA) is 58.2 Å². The van der Waals surface area contributed by atoms with E-state index in [1.807, 2.05) is 0 Å². The average Bonchev–Trinajstić information content (AvgIpc) is 2.49. The van der Waals surface area contributed by atoms with Gasteiger partial charge in [-0.25, -0.2) is 8.78 Å². The summed E-state index contributed by atoms with van der Waals surface area (Å²) in [5.74, 6) is -2.73. The number of hydrogen-bond donors (Lipinski definition) is 2. The van der Waals surface area contributed by atoms with E-state index < -0.39 is 23.5 Å². The van der Waals surface area contributed by atoms with E-state index in [-0.39, 0.29) is 23.7 Å². The zero-order valence-corrected chi connectivity index (χ0v) is 12.3. The molecule has 4 nitrogen and oxygen atoms in total. The first-order valence-corrected chi connectivity index (χ1v) is 7.10. The first kappa shape index (κ1) is 15.1. The van der Waals surface area contributed by atoms with Gasteiger partial charge in [-0.2, -0.15) is 0 Å². The maximum Gasteiger partial charge on any atom is 0.232 e. The minimum atomic E-state index is -0.792. The summed E-state index contributed by atoms with van der Waals surface area (Å²) in [6.45, 7) is 1.78. The van der Waals surface area contributed by atoms with Crippen LogP contribution in [-0.2, 0) is 9.59 Å². The maximum atomic E-state index is 13.8. The van der Waals surface area contributed by atoms with Crippen molar-refractivity contribution in [1.29, 1.82) is 0 Å². The Morgan fingerprint density at radius 1 is 1.22 bits per heavy atom. The highest BCUT2D eigenvalue weighted by atomic mass is 19.1. The van der Waals surface area contributed by atoms with Crippen molar-refractivity contribution in [3.8, 4) is 0 Å². The summed E-state index contributed by atoms with van der Waals surface area (Å²) < 4.78 is 27.1. The number of amides is 2. The molecule has 1 aliphatic heterocycles. The Balaban J connectivity index is 1.91. The fraction of sp³-hybridized carbons (Fsp3) is 0.176. The molecule has 0 spiro atoms. The Kier molecular flexibility index (Phi) is 3.82. The first-order valence-electron chi connectivity index (χ1n) is 7.10. The van der Waals surface area contributed by atoms with Crippen molar-refractivity contribution >= 4 is 23.2 Å². The molecule has 0 saturated carbocycles. The van der Waals surface area contributed by atoms with Crippen molar-refractivity contribution in [2.45, 2.75) is 19.3 Å². The van der Waals surface area contributed by atoms with Crippen LogP contribution >= 0.6 is 0 Å². The van der Waals surface area contributed by atoms with Gasteiger partial charge in [0.1, 0.15) is 11.6 Å². The summed E-state index contributed by atoms with van der Waals surface area (Å²) in [5, 5.41) is 5.05. The molecule has 0 bridgehead atoms. The van der Waals surface area contributed by atoms with Gasteiger partial charge in [-0.05, 0) is 42.3 Å². The van der Waals surface area contributed by atoms with Gasteiger partial charge in [0.15, 0.2) is 0 Å². The van der Waals surface area contributed by atoms with Crippen molar-refractivity contribution in [3.63, 3.8) is 0 Å². The summed E-state index contributed by atoms with van der Waals surface area (Å²) in [7, 11) is 0. The zero-order chi connectivity index (χ0) is 16.6. The number of rotatable bonds is 2. The number of anilines is 2. The lowest BCUT2D eigenvalue weighted by molar-refractivity contribution is -0.123. The molecule has 2 amide bonds. The Morgan fingerprint density at radius 2 is 2.00 bits per heavy atom. The second-order valence-electron chi connectivity index (χ2n) is 5.51. The van der Waals surface area contributed by atoms with Crippen LogP contribution in [0.3, 0.4) is 0 Å². The van der Waals surface area contributed by atoms with Gasteiger partial charge in [0.25, 0.3) is 0 Å². The van der Waals surface area contributed by atoms with E-state index in [1.165, 1.54) is 30.3 Å². The van der Waals surface area contributed by atoms with Gasteiger partial charge < -0.3 is 10.6 Å². The standard InChI is InChI=1S/C17H14F2N2O2/c1-9-2-5-13(19)15(6-9)21-17(23)12-8-16(22)20-14-7-10(18)3-4-11(12)14/h2-7,12H,8H2,1H3,(H,20,22)(H,21,23). The lowest BCUT2D eigenvalue weighted by Crippen LogP contribution is -2.31. The van der Waals surface area contributed by atoms with E-state index in [2.05, 4.69) is 10.6 Å². The molecule has 23 heavy (non-hydrogen) atoms. The Labute approximate surface area is 131 Å². The van der Waals surface area contributed by atoms with Gasteiger partial charge >= 0.3 is 0 Å². The van der Waals surface area contributed by atoms with Gasteiger partial charge in [-0.1, -0.05) is 12.1 Å². The average molecular weight is 316 g/mol. The molecule has 1 aliphatic rings. The molecular weight excluding hydrogens is 302 g/mol. The number of fused-ring (bicyclic) bond motifs is 1. The molecule has 0 radical (unpaired) electrons. The van der Waals surface area contributed by atoms with Gasteiger partial charge in [-0.3, -0.25) is 9.59 Å². The van der Waals surface area contributed by atoms with Crippen LogP contribution in [0.1, 0.15) is 23.5 Å². The number of carbonyl (C=O) groups is 2. The lowest BCUT2D eigenvalue weighted by atomic mass is 9.89. The van der Waals surface area contributed by atoms with Crippen LogP contribution < -0.4 is 10.6 Å². The molecule has 118 valence electrons. The third kappa shape index (κ3) is 3.06. The summed E-state index contributed by atoms with van der Waals surface area (Å²) in [4.78, 5) is 24.2. The van der Waals surface area contributed by atoms with Gasteiger partial charge in [0.2, 0.25) is 11.8 Å². The van der Waals surface area contributed by atoms with Crippen LogP contribution in [0.2, 0.25) is 0 Å². The van der Waals surface area contributed by atoms with Gasteiger partial charge in [-0.15, -0.1) is 0 Å². The van der Waals surface area contributed by atoms with Gasteiger partial charge in [0.05, 0.1) is 11.6 Å². The molecular formula is C17H14F2N2O2. The first-order chi connectivity index (χ1) is 10.9. The highest BCUT2D eigenvalue weighted by molar-refractivity contribution is 6.05. The number of carbonyl (C=O) groups excluding carboxylic acids is 2. The fourth-order valence-electron chi connectivity index (χ4n) is 2.63. The van der Waals surface area contributed by atoms with Crippen LogP contribution in [0.5, 0.6) is 0 Å². The maximum absolute atomic E-state index is 13.8. The van der Waals surface area contributed by atoms with Crippen LogP contribution in [0.15, 0.2) is 36.4 Å². The van der Waals surface area contributed by atoms with E-state index in [0.29, 0.717) is 5.56 Å². The van der Waals surface area contributed by atoms with E-state index >= 15 is 0 Å². The second-order valence-corrected chi connectivity index (χ2v) is 5.51. The summed E-state index contributed by atoms with van der Waals surface area (Å²) in [5.41, 5.74) is 1.64. The molecule has 2 aromatic carbocycles. The highest BCUT2D eigenvalue weighted by Gasteiger charge is 2.31. The number of benzene rings is 2. The smallest absolute Gasteiger partial charge is 0.232 e. The number of halogens is 2. The van der Waals surface area contributed by atoms with Crippen molar-refractivity contribution in [3.05, 3.63) is 59.2 Å². The van der Waals surface area contributed by atoms with Gasteiger partial charge in [0, 0.05) is 12.1 Å². The van der Waals surface area contributed by atoms with E-state index in [1.54, 1.807) is 13.0 Å². The largest absolute Gasteiger partial charge is 0.326 e. The van der Waals surface area contributed by atoms with Crippen molar-refractivity contribution in [2.75, 3.05) is 10.6 Å². The molecule has 0 saturated heterocycles. The van der Waals surface area contributed by atoms with E-state index in [4.69, 9.17) is 0 Å². The normalized spacial score (nSPS) is 16.5. The third-order valence-electron chi connectivity index (χ3n) is 3.75. The van der Waals surface area contributed by atoms with E-state index in [9.17, 15) is 18.4 Å². The predicted molar refractivity (Wildman–Crippen MR) is 82.2 cm³/mol. The Hall–Kier alpha value is -2.76. The molecule has 6 heteroatoms. The van der Waals surface area contributed by atoms with Crippen molar-refractivity contribution < 1.29 is 18.4 Å². The Bertz CT molecular complexity index is 805. The Morgan fingerprint density at radius 3 is 2.78 bits per heavy atom. The number of hydrogen-bond acceptors (Lipinski definition) is 2. The predicted octanol–water partition coefficient (Wildman–Crippen LogP) is 3.34. The molecule has 0 aromatic heterocycles. The summed E-state index contributed by atoms with van der Waals surface area (Å²) >= 11 is 0. The molecule has 0 aliphatic carbocycles. The molecule has 2 aromatic rings. The van der Waals surface area contributed by atoms with Crippen molar-refractivity contribution in [1.82, 2.24) is 0 Å². The summed E-state index contributed by atoms with van der Waals surface area (Å²) in [6.07, 6.45) is -0.0715. The van der Waals surface area contributed by atoms with Crippen LogP contribution in [-0.4, -0.2) is 11.8 Å². The molecule has 0 fully saturated rings. The minimum Gasteiger partial charge on any atom is -0.326 e. The molecule has 1 unspecified atom stereocenters. The quantitative estimate of drug-likeness (QED) is 0.893. The lowest BCUT2D eigenvalue weighted by Gasteiger charge is -2.25. The monoisotopic (exact) mass is 316 g/mol. The molecule has 2 N–H and O–H groups in total. The highest BCUT2D eigenvalue weighted by Crippen LogP contribution is 2.33. The SMILES string of the molecule is Cc1ccc(F)c(NC(=O)C2CC(=O)Nc3cc(F)ccc32)c1. The number of aryl methyl sites for hydroxylation is 1. The third-order valence-corrected chi connectivity index (χ3v) is 3.75. The molecule has 1 heterocycles. The fourth-order valence-corrected chi connectivity index (χ4v) is 2.63. The molecule has 1 atom stereocenters. The van der Waals surface area contributed by atoms with Crippen molar-refractivity contribution in [2.24, 2.45) is 0 Å². The second kappa shape index (κ2) is 5.79. The number of nitrogens with one attached hydrogen (secondary N) is 2. The van der Waals surface area contributed by atoms with Crippen LogP contribution in [0, 0.1) is 18.6 Å². The van der Waals surface area contributed by atoms with E-state index in [0.717, 1.165) is 5.56 Å². The summed E-state index contributed by atoms with van der Waals surface area (Å²) in [6, 6.07) is 8.23. The van der Waals surface area contributed by atoms with Crippen LogP contribution in [0.25, 0.3) is 0 Å². The van der Waals surface area contributed by atoms with Crippen LogP contribution in [0.4, 0.5) is 20.2 Å². The zero-order valence-electron chi connectivity index (χ0n) is 12.3.